The number of aliphatic carboxylic acids is 1. The molecule has 0 fully saturated rings. The van der Waals surface area contributed by atoms with Crippen molar-refractivity contribution in [1.29, 1.82) is 0 Å². The van der Waals surface area contributed by atoms with Crippen LogP contribution in [0.4, 0.5) is 0 Å². The average Bonchev–Trinajstić information content (AvgIpc) is 2.87. The van der Waals surface area contributed by atoms with E-state index in [-0.39, 0.29) is 18.1 Å². The zero-order valence-corrected chi connectivity index (χ0v) is 14.1. The topological polar surface area (TPSA) is 83.6 Å². The summed E-state index contributed by atoms with van der Waals surface area (Å²) >= 11 is 0. The van der Waals surface area contributed by atoms with E-state index in [1.54, 1.807) is 0 Å². The third-order valence-electron chi connectivity index (χ3n) is 4.53. The number of amides is 1. The Kier molecular flexibility index (Phi) is 5.48. The Labute approximate surface area is 146 Å². The second-order valence-electron chi connectivity index (χ2n) is 6.35. The highest BCUT2D eigenvalue weighted by molar-refractivity contribution is 5.95. The molecule has 0 saturated carbocycles. The number of benzene rings is 1. The zero-order valence-electron chi connectivity index (χ0n) is 14.1. The largest absolute Gasteiger partial charge is 0.480 e. The molecule has 6 heteroatoms. The first-order chi connectivity index (χ1) is 12.1. The highest BCUT2D eigenvalue weighted by atomic mass is 16.5. The fourth-order valence-corrected chi connectivity index (χ4v) is 3.20. The smallest absolute Gasteiger partial charge is 0.323 e. The van der Waals surface area contributed by atoms with Gasteiger partial charge in [0.15, 0.2) is 5.69 Å². The molecule has 0 aliphatic heterocycles. The van der Waals surface area contributed by atoms with Gasteiger partial charge in [0.2, 0.25) is 0 Å². The summed E-state index contributed by atoms with van der Waals surface area (Å²) in [7, 11) is 0. The molecular formula is C19H22N2O4. The first-order valence-electron chi connectivity index (χ1n) is 8.67. The molecule has 1 aromatic carbocycles. The molecule has 1 N–H and O–H groups in total. The van der Waals surface area contributed by atoms with Crippen molar-refractivity contribution < 1.29 is 19.2 Å². The number of nitrogens with zero attached hydrogens (tertiary/aromatic N) is 2. The maximum absolute atomic E-state index is 12.9. The summed E-state index contributed by atoms with van der Waals surface area (Å²) in [6, 6.07) is 9.71. The molecule has 6 nitrogen and oxygen atoms in total. The molecule has 1 heterocycles. The van der Waals surface area contributed by atoms with Crippen molar-refractivity contribution in [3.05, 3.63) is 52.9 Å². The summed E-state index contributed by atoms with van der Waals surface area (Å²) in [6.45, 7) is -0.00984. The van der Waals surface area contributed by atoms with Crippen molar-refractivity contribution in [1.82, 2.24) is 10.1 Å². The Morgan fingerprint density at radius 2 is 1.88 bits per heavy atom. The highest BCUT2D eigenvalue weighted by Crippen LogP contribution is 2.24. The van der Waals surface area contributed by atoms with Gasteiger partial charge in [0.05, 0.1) is 0 Å². The number of carboxylic acids is 1. The molecule has 25 heavy (non-hydrogen) atoms. The molecule has 2 aromatic rings. The lowest BCUT2D eigenvalue weighted by atomic mass is 10.1. The van der Waals surface area contributed by atoms with Gasteiger partial charge < -0.3 is 14.5 Å². The molecule has 132 valence electrons. The summed E-state index contributed by atoms with van der Waals surface area (Å²) in [5.74, 6) is -0.611. The minimum Gasteiger partial charge on any atom is -0.480 e. The summed E-state index contributed by atoms with van der Waals surface area (Å²) in [5, 5.41) is 13.1. The molecular weight excluding hydrogens is 320 g/mol. The van der Waals surface area contributed by atoms with Crippen LogP contribution in [0, 0.1) is 0 Å². The van der Waals surface area contributed by atoms with E-state index in [4.69, 9.17) is 4.52 Å². The predicted molar refractivity (Wildman–Crippen MR) is 91.4 cm³/mol. The molecule has 1 aliphatic rings. The minimum atomic E-state index is -1.03. The van der Waals surface area contributed by atoms with Crippen molar-refractivity contribution in [2.45, 2.75) is 38.5 Å². The van der Waals surface area contributed by atoms with Crippen LogP contribution in [0.5, 0.6) is 0 Å². The number of carboxylic acid groups (broad SMARTS) is 1. The number of carbonyl (C=O) groups excluding carboxylic acids is 1. The van der Waals surface area contributed by atoms with E-state index in [0.717, 1.165) is 49.0 Å². The number of carbonyl (C=O) groups is 2. The van der Waals surface area contributed by atoms with Crippen LogP contribution in [0.15, 0.2) is 34.9 Å². The molecule has 1 amide bonds. The van der Waals surface area contributed by atoms with Gasteiger partial charge in [0.1, 0.15) is 12.3 Å². The van der Waals surface area contributed by atoms with E-state index in [1.807, 2.05) is 30.3 Å². The Bertz CT molecular complexity index is 739. The number of aromatic nitrogens is 1. The van der Waals surface area contributed by atoms with E-state index in [0.29, 0.717) is 13.0 Å². The molecule has 0 spiro atoms. The number of hydrogen-bond acceptors (Lipinski definition) is 4. The van der Waals surface area contributed by atoms with Gasteiger partial charge in [0, 0.05) is 18.5 Å². The van der Waals surface area contributed by atoms with E-state index < -0.39 is 5.97 Å². The Morgan fingerprint density at radius 1 is 1.12 bits per heavy atom. The van der Waals surface area contributed by atoms with E-state index in [2.05, 4.69) is 5.16 Å². The highest BCUT2D eigenvalue weighted by Gasteiger charge is 2.27. The summed E-state index contributed by atoms with van der Waals surface area (Å²) in [4.78, 5) is 25.4. The van der Waals surface area contributed by atoms with Gasteiger partial charge in [-0.2, -0.15) is 0 Å². The van der Waals surface area contributed by atoms with Crippen LogP contribution in [-0.4, -0.2) is 40.1 Å². The van der Waals surface area contributed by atoms with Crippen molar-refractivity contribution in [3.63, 3.8) is 0 Å². The maximum atomic E-state index is 12.9. The molecule has 0 atom stereocenters. The summed E-state index contributed by atoms with van der Waals surface area (Å²) in [5.41, 5.74) is 2.20. The van der Waals surface area contributed by atoms with Crippen LogP contribution in [0.3, 0.4) is 0 Å². The fraction of sp³-hybridized carbons (Fsp3) is 0.421. The molecule has 0 bridgehead atoms. The third kappa shape index (κ3) is 4.26. The van der Waals surface area contributed by atoms with Crippen LogP contribution < -0.4 is 0 Å². The molecule has 1 aliphatic carbocycles. The lowest BCUT2D eigenvalue weighted by Crippen LogP contribution is -2.37. The van der Waals surface area contributed by atoms with Crippen molar-refractivity contribution in [3.8, 4) is 0 Å². The Morgan fingerprint density at radius 3 is 2.64 bits per heavy atom. The molecule has 0 saturated heterocycles. The Balaban J connectivity index is 1.77. The van der Waals surface area contributed by atoms with E-state index in [9.17, 15) is 14.7 Å². The molecule has 1 aromatic heterocycles. The minimum absolute atomic E-state index is 0.284. The average molecular weight is 342 g/mol. The van der Waals surface area contributed by atoms with E-state index >= 15 is 0 Å². The van der Waals surface area contributed by atoms with E-state index in [1.165, 1.54) is 4.90 Å². The van der Waals surface area contributed by atoms with Crippen LogP contribution in [-0.2, 0) is 24.1 Å². The maximum Gasteiger partial charge on any atom is 0.323 e. The quantitative estimate of drug-likeness (QED) is 0.816. The SMILES string of the molecule is O=C(O)CN(CCc1ccccc1)C(=O)c1noc2c1CCCCC2. The molecule has 3 rings (SSSR count). The Hall–Kier alpha value is -2.63. The lowest BCUT2D eigenvalue weighted by molar-refractivity contribution is -0.137. The molecule has 0 radical (unpaired) electrons. The fourth-order valence-electron chi connectivity index (χ4n) is 3.20. The monoisotopic (exact) mass is 342 g/mol. The van der Waals surface area contributed by atoms with Gasteiger partial charge in [-0.25, -0.2) is 0 Å². The van der Waals surface area contributed by atoms with Crippen LogP contribution in [0.25, 0.3) is 0 Å². The van der Waals surface area contributed by atoms with Gasteiger partial charge >= 0.3 is 5.97 Å². The first-order valence-corrected chi connectivity index (χ1v) is 8.67. The van der Waals surface area contributed by atoms with Gasteiger partial charge in [0.25, 0.3) is 5.91 Å². The van der Waals surface area contributed by atoms with Gasteiger partial charge in [-0.05, 0) is 31.2 Å². The second-order valence-corrected chi connectivity index (χ2v) is 6.35. The van der Waals surface area contributed by atoms with Gasteiger partial charge in [-0.3, -0.25) is 9.59 Å². The standard InChI is InChI=1S/C19H22N2O4/c22-17(23)13-21(12-11-14-7-3-1-4-8-14)19(24)18-15-9-5-2-6-10-16(15)25-20-18/h1,3-4,7-8H,2,5-6,9-13H2,(H,22,23). The van der Waals surface area contributed by atoms with Crippen LogP contribution in [0.2, 0.25) is 0 Å². The zero-order chi connectivity index (χ0) is 17.6. The summed E-state index contributed by atoms with van der Waals surface area (Å²) < 4.78 is 5.36. The van der Waals surface area contributed by atoms with Gasteiger partial charge in [-0.1, -0.05) is 41.9 Å². The van der Waals surface area contributed by atoms with Crippen molar-refractivity contribution >= 4 is 11.9 Å². The third-order valence-corrected chi connectivity index (χ3v) is 4.53. The normalized spacial score (nSPS) is 13.8. The number of hydrogen-bond donors (Lipinski definition) is 1. The first kappa shape index (κ1) is 17.2. The predicted octanol–water partition coefficient (Wildman–Crippen LogP) is 2.71. The van der Waals surface area contributed by atoms with Crippen molar-refractivity contribution in [2.75, 3.05) is 13.1 Å². The van der Waals surface area contributed by atoms with Gasteiger partial charge in [-0.15, -0.1) is 0 Å². The van der Waals surface area contributed by atoms with Crippen LogP contribution in [0.1, 0.15) is 46.6 Å². The number of rotatable bonds is 6. The molecule has 0 unspecified atom stereocenters. The number of aryl methyl sites for hydroxylation is 1. The van der Waals surface area contributed by atoms with Crippen molar-refractivity contribution in [2.24, 2.45) is 0 Å². The lowest BCUT2D eigenvalue weighted by Gasteiger charge is -2.20. The summed E-state index contributed by atoms with van der Waals surface area (Å²) in [6.07, 6.45) is 5.28. The number of fused-ring (bicyclic) bond motifs is 1. The van der Waals surface area contributed by atoms with Crippen LogP contribution >= 0.6 is 0 Å². The second kappa shape index (κ2) is 7.96.